The van der Waals surface area contributed by atoms with Crippen LogP contribution in [0.15, 0.2) is 73.6 Å². The minimum absolute atomic E-state index is 0.250. The molecule has 0 aliphatic carbocycles. The molecule has 0 spiro atoms. The quantitative estimate of drug-likeness (QED) is 0.343. The molecule has 33 heavy (non-hydrogen) atoms. The summed E-state index contributed by atoms with van der Waals surface area (Å²) in [5.41, 5.74) is 2.97. The van der Waals surface area contributed by atoms with Crippen LogP contribution in [-0.4, -0.2) is 29.5 Å². The second kappa shape index (κ2) is 11.4. The molecule has 2 aromatic carbocycles. The Kier molecular flexibility index (Phi) is 8.29. The summed E-state index contributed by atoms with van der Waals surface area (Å²) in [5, 5.41) is 0. The van der Waals surface area contributed by atoms with Crippen molar-refractivity contribution >= 4 is 5.95 Å². The zero-order valence-electron chi connectivity index (χ0n) is 18.4. The summed E-state index contributed by atoms with van der Waals surface area (Å²) in [4.78, 5) is 11.0. The predicted octanol–water partition coefficient (Wildman–Crippen LogP) is 5.75. The lowest BCUT2D eigenvalue weighted by molar-refractivity contribution is -0.274. The van der Waals surface area contributed by atoms with E-state index >= 15 is 0 Å². The minimum Gasteiger partial charge on any atom is -0.490 e. The van der Waals surface area contributed by atoms with Crippen molar-refractivity contribution in [1.29, 1.82) is 0 Å². The average molecular weight is 457 g/mol. The van der Waals surface area contributed by atoms with Crippen molar-refractivity contribution in [3.63, 3.8) is 0 Å². The van der Waals surface area contributed by atoms with Gasteiger partial charge < -0.3 is 14.4 Å². The summed E-state index contributed by atoms with van der Waals surface area (Å²) in [5.74, 6) is 1.09. The first-order valence-electron chi connectivity index (χ1n) is 10.6. The molecule has 0 radical (unpaired) electrons. The standard InChI is InChI=1S/C25H26F3N3O2/c1-3-15-32-22-9-5-20(6-10-22)13-14-31(24-29-16-19(4-2)17-30-24)18-21-7-11-23(12-8-21)33-25(26,27)28/h3,5-12,16-17H,1,4,13-15,18H2,2H3. The monoisotopic (exact) mass is 457 g/mol. The summed E-state index contributed by atoms with van der Waals surface area (Å²) in [7, 11) is 0. The number of rotatable bonds is 11. The largest absolute Gasteiger partial charge is 0.573 e. The van der Waals surface area contributed by atoms with Crippen LogP contribution in [0.4, 0.5) is 19.1 Å². The molecule has 0 aliphatic heterocycles. The summed E-state index contributed by atoms with van der Waals surface area (Å²) < 4.78 is 46.7. The molecule has 0 saturated heterocycles. The highest BCUT2D eigenvalue weighted by atomic mass is 19.4. The number of hydrogen-bond donors (Lipinski definition) is 0. The Balaban J connectivity index is 1.71. The van der Waals surface area contributed by atoms with Gasteiger partial charge in [0.2, 0.25) is 5.95 Å². The van der Waals surface area contributed by atoms with Gasteiger partial charge in [-0.1, -0.05) is 43.8 Å². The third-order valence-corrected chi connectivity index (χ3v) is 4.87. The predicted molar refractivity (Wildman–Crippen MR) is 121 cm³/mol. The highest BCUT2D eigenvalue weighted by Crippen LogP contribution is 2.24. The summed E-state index contributed by atoms with van der Waals surface area (Å²) in [6.45, 7) is 7.18. The maximum absolute atomic E-state index is 12.4. The van der Waals surface area contributed by atoms with Gasteiger partial charge in [-0.25, -0.2) is 9.97 Å². The van der Waals surface area contributed by atoms with Crippen LogP contribution in [-0.2, 0) is 19.4 Å². The van der Waals surface area contributed by atoms with Crippen molar-refractivity contribution in [2.45, 2.75) is 32.7 Å². The number of ether oxygens (including phenoxy) is 2. The van der Waals surface area contributed by atoms with Gasteiger partial charge in [-0.2, -0.15) is 0 Å². The SMILES string of the molecule is C=CCOc1ccc(CCN(Cc2ccc(OC(F)(F)F)cc2)c2ncc(CC)cn2)cc1. The Morgan fingerprint density at radius 1 is 0.909 bits per heavy atom. The van der Waals surface area contributed by atoms with Crippen molar-refractivity contribution in [3.8, 4) is 11.5 Å². The number of aryl methyl sites for hydroxylation is 1. The minimum atomic E-state index is -4.71. The van der Waals surface area contributed by atoms with Gasteiger partial charge in [-0.3, -0.25) is 0 Å². The summed E-state index contributed by atoms with van der Waals surface area (Å²) >= 11 is 0. The van der Waals surface area contributed by atoms with Crippen LogP contribution in [0.1, 0.15) is 23.6 Å². The fourth-order valence-corrected chi connectivity index (χ4v) is 3.13. The lowest BCUT2D eigenvalue weighted by Crippen LogP contribution is -2.27. The molecular weight excluding hydrogens is 431 g/mol. The molecule has 0 bridgehead atoms. The Morgan fingerprint density at radius 2 is 1.52 bits per heavy atom. The normalized spacial score (nSPS) is 11.2. The molecule has 0 unspecified atom stereocenters. The summed E-state index contributed by atoms with van der Waals surface area (Å²) in [6, 6.07) is 13.7. The molecule has 0 amide bonds. The van der Waals surface area contributed by atoms with Crippen molar-refractivity contribution < 1.29 is 22.6 Å². The van der Waals surface area contributed by atoms with Crippen LogP contribution in [0, 0.1) is 0 Å². The highest BCUT2D eigenvalue weighted by Gasteiger charge is 2.31. The van der Waals surface area contributed by atoms with E-state index in [4.69, 9.17) is 4.74 Å². The number of anilines is 1. The third-order valence-electron chi connectivity index (χ3n) is 4.87. The number of nitrogens with zero attached hydrogens (tertiary/aromatic N) is 3. The van der Waals surface area contributed by atoms with Crippen molar-refractivity contribution in [1.82, 2.24) is 9.97 Å². The molecule has 3 aromatic rings. The maximum atomic E-state index is 12.4. The van der Waals surface area contributed by atoms with E-state index in [1.807, 2.05) is 36.1 Å². The van der Waals surface area contributed by atoms with E-state index < -0.39 is 6.36 Å². The van der Waals surface area contributed by atoms with Crippen LogP contribution in [0.25, 0.3) is 0 Å². The zero-order valence-corrected chi connectivity index (χ0v) is 18.4. The summed E-state index contributed by atoms with van der Waals surface area (Å²) in [6.07, 6.45) is 2.13. The van der Waals surface area contributed by atoms with Gasteiger partial charge in [-0.05, 0) is 53.8 Å². The Bertz CT molecular complexity index is 1010. The molecular formula is C25H26F3N3O2. The van der Waals surface area contributed by atoms with Gasteiger partial charge in [0, 0.05) is 25.5 Å². The molecule has 1 aromatic heterocycles. The van der Waals surface area contributed by atoms with E-state index in [0.717, 1.165) is 35.3 Å². The molecule has 8 heteroatoms. The van der Waals surface area contributed by atoms with Crippen molar-refractivity contribution in [2.24, 2.45) is 0 Å². The number of alkyl halides is 3. The molecule has 1 heterocycles. The van der Waals surface area contributed by atoms with E-state index in [2.05, 4.69) is 21.3 Å². The molecule has 0 atom stereocenters. The third kappa shape index (κ3) is 7.82. The lowest BCUT2D eigenvalue weighted by Gasteiger charge is -2.23. The molecule has 0 aliphatic rings. The van der Waals surface area contributed by atoms with Crippen LogP contribution in [0.3, 0.4) is 0 Å². The first-order valence-corrected chi connectivity index (χ1v) is 10.6. The van der Waals surface area contributed by atoms with Crippen LogP contribution in [0.2, 0.25) is 0 Å². The first kappa shape index (κ1) is 24.1. The van der Waals surface area contributed by atoms with Crippen LogP contribution < -0.4 is 14.4 Å². The van der Waals surface area contributed by atoms with Crippen molar-refractivity contribution in [2.75, 3.05) is 18.1 Å². The first-order chi connectivity index (χ1) is 15.9. The van der Waals surface area contributed by atoms with E-state index in [0.29, 0.717) is 25.6 Å². The fourth-order valence-electron chi connectivity index (χ4n) is 3.13. The molecule has 0 N–H and O–H groups in total. The zero-order chi connectivity index (χ0) is 23.7. The average Bonchev–Trinajstić information content (AvgIpc) is 2.81. The van der Waals surface area contributed by atoms with Crippen molar-refractivity contribution in [3.05, 3.63) is 90.3 Å². The van der Waals surface area contributed by atoms with Gasteiger partial charge in [0.15, 0.2) is 0 Å². The van der Waals surface area contributed by atoms with Gasteiger partial charge in [-0.15, -0.1) is 13.2 Å². The Labute approximate surface area is 191 Å². The van der Waals surface area contributed by atoms with Crippen LogP contribution >= 0.6 is 0 Å². The lowest BCUT2D eigenvalue weighted by atomic mass is 10.1. The maximum Gasteiger partial charge on any atom is 0.573 e. The number of aromatic nitrogens is 2. The van der Waals surface area contributed by atoms with Gasteiger partial charge >= 0.3 is 6.36 Å². The molecule has 3 rings (SSSR count). The van der Waals surface area contributed by atoms with Gasteiger partial charge in [0.25, 0.3) is 0 Å². The number of benzene rings is 2. The number of hydrogen-bond acceptors (Lipinski definition) is 5. The van der Waals surface area contributed by atoms with Gasteiger partial charge in [0.05, 0.1) is 0 Å². The highest BCUT2D eigenvalue weighted by molar-refractivity contribution is 5.36. The topological polar surface area (TPSA) is 47.5 Å². The fraction of sp³-hybridized carbons (Fsp3) is 0.280. The Morgan fingerprint density at radius 3 is 2.09 bits per heavy atom. The second-order valence-corrected chi connectivity index (χ2v) is 7.35. The van der Waals surface area contributed by atoms with Crippen LogP contribution in [0.5, 0.6) is 11.5 Å². The van der Waals surface area contributed by atoms with E-state index in [1.54, 1.807) is 30.6 Å². The molecule has 0 fully saturated rings. The van der Waals surface area contributed by atoms with Gasteiger partial charge in [0.1, 0.15) is 18.1 Å². The smallest absolute Gasteiger partial charge is 0.490 e. The number of halogens is 3. The van der Waals surface area contributed by atoms with E-state index in [1.165, 1.54) is 12.1 Å². The van der Waals surface area contributed by atoms with E-state index in [9.17, 15) is 13.2 Å². The molecule has 5 nitrogen and oxygen atoms in total. The molecule has 174 valence electrons. The second-order valence-electron chi connectivity index (χ2n) is 7.35. The Hall–Kier alpha value is -3.55. The van der Waals surface area contributed by atoms with E-state index in [-0.39, 0.29) is 5.75 Å². The molecule has 0 saturated carbocycles.